The highest BCUT2D eigenvalue weighted by molar-refractivity contribution is 5.78. The lowest BCUT2D eigenvalue weighted by molar-refractivity contribution is -0.155. The Morgan fingerprint density at radius 2 is 1.13 bits per heavy atom. The number of carbonyl (C=O) groups is 3. The first-order valence-corrected chi connectivity index (χ1v) is 12.3. The minimum Gasteiger partial charge on any atom is -0.481 e. The quantitative estimate of drug-likeness (QED) is 0.153. The third kappa shape index (κ3) is 15.8. The molecule has 0 aliphatic heterocycles. The lowest BCUT2D eigenvalue weighted by Crippen LogP contribution is -2.33. The molecule has 0 aliphatic rings. The van der Waals surface area contributed by atoms with Gasteiger partial charge in [0.25, 0.3) is 0 Å². The second-order valence-electron chi connectivity index (χ2n) is 9.34. The summed E-state index contributed by atoms with van der Waals surface area (Å²) >= 11 is 0. The van der Waals surface area contributed by atoms with Crippen molar-refractivity contribution in [3.05, 3.63) is 0 Å². The lowest BCUT2D eigenvalue weighted by Gasteiger charge is -2.28. The molecule has 2 unspecified atom stereocenters. The highest BCUT2D eigenvalue weighted by Crippen LogP contribution is 2.34. The van der Waals surface area contributed by atoms with E-state index in [0.717, 1.165) is 38.5 Å². The number of esters is 1. The van der Waals surface area contributed by atoms with Gasteiger partial charge in [-0.3, -0.25) is 14.4 Å². The largest absolute Gasteiger partial charge is 0.481 e. The highest BCUT2D eigenvalue weighted by Gasteiger charge is 2.36. The minimum absolute atomic E-state index is 0.300. The first-order valence-electron chi connectivity index (χ1n) is 12.3. The number of ether oxygens (including phenoxy) is 1. The van der Waals surface area contributed by atoms with Crippen molar-refractivity contribution in [2.75, 3.05) is 7.11 Å². The molecule has 0 heterocycles. The molecule has 0 aromatic carbocycles. The van der Waals surface area contributed by atoms with Crippen molar-refractivity contribution in [2.45, 2.75) is 123 Å². The molecule has 6 heteroatoms. The SMILES string of the molecule is COC(=O)C(C)(CCCCCCCCCCCCCCCCC(=O)O)CC(C)C(=O)O. The molecule has 0 saturated heterocycles. The van der Waals surface area contributed by atoms with E-state index in [4.69, 9.17) is 14.9 Å². The Bertz CT molecular complexity index is 504. The van der Waals surface area contributed by atoms with E-state index in [0.29, 0.717) is 19.3 Å². The van der Waals surface area contributed by atoms with Crippen LogP contribution >= 0.6 is 0 Å². The molecule has 0 saturated carbocycles. The van der Waals surface area contributed by atoms with Crippen molar-refractivity contribution in [2.24, 2.45) is 11.3 Å². The zero-order chi connectivity index (χ0) is 23.5. The molecule has 0 bridgehead atoms. The number of methoxy groups -OCH3 is 1. The van der Waals surface area contributed by atoms with Crippen LogP contribution in [0, 0.1) is 11.3 Å². The molecule has 0 fully saturated rings. The van der Waals surface area contributed by atoms with Crippen LogP contribution in [-0.2, 0) is 19.1 Å². The fourth-order valence-electron chi connectivity index (χ4n) is 4.21. The zero-order valence-electron chi connectivity index (χ0n) is 20.1. The van der Waals surface area contributed by atoms with E-state index in [1.54, 1.807) is 6.92 Å². The fraction of sp³-hybridized carbons (Fsp3) is 0.880. The third-order valence-electron chi connectivity index (χ3n) is 6.23. The molecule has 182 valence electrons. The summed E-state index contributed by atoms with van der Waals surface area (Å²) in [5.74, 6) is -2.42. The summed E-state index contributed by atoms with van der Waals surface area (Å²) in [6, 6.07) is 0. The van der Waals surface area contributed by atoms with Crippen LogP contribution in [0.4, 0.5) is 0 Å². The van der Waals surface area contributed by atoms with Gasteiger partial charge in [-0.1, -0.05) is 90.4 Å². The number of carboxylic acids is 2. The summed E-state index contributed by atoms with van der Waals surface area (Å²) in [6.07, 6.45) is 17.5. The molecule has 2 atom stereocenters. The second kappa shape index (κ2) is 18.0. The summed E-state index contributed by atoms with van der Waals surface area (Å²) in [5.41, 5.74) is -0.719. The fourth-order valence-corrected chi connectivity index (χ4v) is 4.21. The van der Waals surface area contributed by atoms with E-state index >= 15 is 0 Å². The maximum absolute atomic E-state index is 12.2. The maximum atomic E-state index is 12.2. The summed E-state index contributed by atoms with van der Waals surface area (Å²) in [4.78, 5) is 33.7. The Hall–Kier alpha value is -1.59. The lowest BCUT2D eigenvalue weighted by atomic mass is 9.77. The normalized spacial score (nSPS) is 14.0. The van der Waals surface area contributed by atoms with Crippen molar-refractivity contribution >= 4 is 17.9 Å². The van der Waals surface area contributed by atoms with Crippen molar-refractivity contribution < 1.29 is 29.3 Å². The number of hydrogen-bond donors (Lipinski definition) is 2. The topological polar surface area (TPSA) is 101 Å². The molecule has 0 radical (unpaired) electrons. The standard InChI is InChI=1S/C25H46O6/c1-21(23(28)29)20-25(2,24(30)31-3)19-17-15-13-11-9-7-5-4-6-8-10-12-14-16-18-22(26)27/h21H,4-20H2,1-3H3,(H,26,27)(H,28,29). The molecule has 0 aliphatic carbocycles. The van der Waals surface area contributed by atoms with Gasteiger partial charge in [-0.15, -0.1) is 0 Å². The van der Waals surface area contributed by atoms with Crippen LogP contribution < -0.4 is 0 Å². The molecule has 6 nitrogen and oxygen atoms in total. The van der Waals surface area contributed by atoms with E-state index in [-0.39, 0.29) is 5.97 Å². The van der Waals surface area contributed by atoms with E-state index in [1.165, 1.54) is 58.5 Å². The molecule has 0 rings (SSSR count). The van der Waals surface area contributed by atoms with Crippen molar-refractivity contribution in [3.63, 3.8) is 0 Å². The predicted molar refractivity (Wildman–Crippen MR) is 123 cm³/mol. The van der Waals surface area contributed by atoms with Crippen molar-refractivity contribution in [3.8, 4) is 0 Å². The van der Waals surface area contributed by atoms with E-state index in [1.807, 2.05) is 6.92 Å². The smallest absolute Gasteiger partial charge is 0.311 e. The van der Waals surface area contributed by atoms with Crippen LogP contribution in [0.5, 0.6) is 0 Å². The summed E-state index contributed by atoms with van der Waals surface area (Å²) < 4.78 is 4.93. The van der Waals surface area contributed by atoms with Gasteiger partial charge < -0.3 is 14.9 Å². The Balaban J connectivity index is 3.65. The van der Waals surface area contributed by atoms with Crippen molar-refractivity contribution in [1.82, 2.24) is 0 Å². The van der Waals surface area contributed by atoms with Gasteiger partial charge in [0.15, 0.2) is 0 Å². The molecule has 0 aromatic heterocycles. The van der Waals surface area contributed by atoms with Crippen molar-refractivity contribution in [1.29, 1.82) is 0 Å². The van der Waals surface area contributed by atoms with E-state index < -0.39 is 23.3 Å². The number of hydrogen-bond acceptors (Lipinski definition) is 4. The monoisotopic (exact) mass is 442 g/mol. The molecule has 31 heavy (non-hydrogen) atoms. The zero-order valence-corrected chi connectivity index (χ0v) is 20.1. The maximum Gasteiger partial charge on any atom is 0.311 e. The molecular weight excluding hydrogens is 396 g/mol. The number of carbonyl (C=O) groups excluding carboxylic acids is 1. The summed E-state index contributed by atoms with van der Waals surface area (Å²) in [5, 5.41) is 17.7. The Morgan fingerprint density at radius 1 is 0.742 bits per heavy atom. The van der Waals surface area contributed by atoms with E-state index in [9.17, 15) is 14.4 Å². The van der Waals surface area contributed by atoms with Crippen LogP contribution in [0.15, 0.2) is 0 Å². The third-order valence-corrected chi connectivity index (χ3v) is 6.23. The van der Waals surface area contributed by atoms with Gasteiger partial charge >= 0.3 is 17.9 Å². The summed E-state index contributed by atoms with van der Waals surface area (Å²) in [6.45, 7) is 3.47. The second-order valence-corrected chi connectivity index (χ2v) is 9.34. The molecule has 0 amide bonds. The van der Waals surface area contributed by atoms with Crippen LogP contribution in [0.25, 0.3) is 0 Å². The van der Waals surface area contributed by atoms with Gasteiger partial charge in [0.05, 0.1) is 18.4 Å². The van der Waals surface area contributed by atoms with Gasteiger partial charge in [0.2, 0.25) is 0 Å². The minimum atomic E-state index is -0.870. The van der Waals surface area contributed by atoms with Crippen LogP contribution in [0.2, 0.25) is 0 Å². The van der Waals surface area contributed by atoms with Gasteiger partial charge in [-0.25, -0.2) is 0 Å². The summed E-state index contributed by atoms with van der Waals surface area (Å²) in [7, 11) is 1.37. The molecule has 2 N–H and O–H groups in total. The number of aliphatic carboxylic acids is 2. The van der Waals surface area contributed by atoms with Gasteiger partial charge in [-0.2, -0.15) is 0 Å². The highest BCUT2D eigenvalue weighted by atomic mass is 16.5. The van der Waals surface area contributed by atoms with E-state index in [2.05, 4.69) is 0 Å². The van der Waals surface area contributed by atoms with Gasteiger partial charge in [0, 0.05) is 6.42 Å². The predicted octanol–water partition coefficient (Wildman–Crippen LogP) is 6.60. The van der Waals surface area contributed by atoms with Crippen LogP contribution in [0.3, 0.4) is 0 Å². The molecular formula is C25H46O6. The first-order chi connectivity index (χ1) is 14.7. The Labute approximate surface area is 189 Å². The van der Waals surface area contributed by atoms with Crippen LogP contribution in [0.1, 0.15) is 123 Å². The molecule has 0 spiro atoms. The Kier molecular flexibility index (Phi) is 17.1. The molecule has 0 aromatic rings. The number of unbranched alkanes of at least 4 members (excludes halogenated alkanes) is 13. The average molecular weight is 443 g/mol. The number of rotatable bonds is 21. The first kappa shape index (κ1) is 29.4. The number of carboxylic acid groups (broad SMARTS) is 2. The van der Waals surface area contributed by atoms with Crippen LogP contribution in [-0.4, -0.2) is 35.2 Å². The average Bonchev–Trinajstić information content (AvgIpc) is 2.72. The van der Waals surface area contributed by atoms with Gasteiger partial charge in [-0.05, 0) is 26.2 Å². The Morgan fingerprint density at radius 3 is 1.48 bits per heavy atom. The van der Waals surface area contributed by atoms with Gasteiger partial charge in [0.1, 0.15) is 0 Å².